The zero-order valence-corrected chi connectivity index (χ0v) is 22.5. The molecule has 12 nitrogen and oxygen atoms in total. The molecule has 5 rings (SSSR count). The van der Waals surface area contributed by atoms with Crippen LogP contribution in [0.1, 0.15) is 88.3 Å². The van der Waals surface area contributed by atoms with Crippen LogP contribution in [0.4, 0.5) is 0 Å². The number of aliphatic hydroxyl groups is 3. The van der Waals surface area contributed by atoms with Gasteiger partial charge in [-0.2, -0.15) is 0 Å². The average Bonchev–Trinajstić information content (AvgIpc) is 2.89. The summed E-state index contributed by atoms with van der Waals surface area (Å²) < 4.78 is 12.1. The monoisotopic (exact) mass is 559 g/mol. The summed E-state index contributed by atoms with van der Waals surface area (Å²) in [5, 5.41) is 76.7. The van der Waals surface area contributed by atoms with Gasteiger partial charge in [-0.15, -0.1) is 0 Å². The van der Waals surface area contributed by atoms with E-state index in [0.717, 1.165) is 12.1 Å². The summed E-state index contributed by atoms with van der Waals surface area (Å²) in [4.78, 5) is 28.8. The van der Waals surface area contributed by atoms with Gasteiger partial charge in [0.2, 0.25) is 11.6 Å². The van der Waals surface area contributed by atoms with Crippen LogP contribution < -0.4 is 0 Å². The van der Waals surface area contributed by atoms with Crippen LogP contribution in [0.5, 0.6) is 23.0 Å². The first-order valence-electron chi connectivity index (χ1n) is 13.0. The standard InChI is InChI=1S/C28H33NO11/c1-5-28(38)9-14(40-15-8-11(29(3)4)22(32)10(2)39-15)18-21(27(28)37)26(36)20-19(25(18)35)23(33)16-12(30)6-7-13(31)17(16)24(20)34/h6-7,10-11,14-15,22,27,30-32,35-38H,5,8-9H2,1-4H3/t10-,11-,14-,15-,22+,27+,28+/m0/s1. The molecule has 7 N–H and O–H groups in total. The summed E-state index contributed by atoms with van der Waals surface area (Å²) in [7, 11) is 3.57. The molecule has 0 saturated carbocycles. The van der Waals surface area contributed by atoms with Crippen LogP contribution in [0.2, 0.25) is 0 Å². The molecule has 7 atom stereocenters. The van der Waals surface area contributed by atoms with Crippen molar-refractivity contribution in [2.45, 2.75) is 75.5 Å². The van der Waals surface area contributed by atoms with Crippen LogP contribution in [-0.2, 0) is 9.47 Å². The summed E-state index contributed by atoms with van der Waals surface area (Å²) in [5.74, 6) is -4.96. The van der Waals surface area contributed by atoms with Crippen LogP contribution in [0.15, 0.2) is 12.1 Å². The molecule has 0 amide bonds. The van der Waals surface area contributed by atoms with Crippen molar-refractivity contribution in [2.24, 2.45) is 0 Å². The number of hydrogen-bond acceptors (Lipinski definition) is 12. The average molecular weight is 560 g/mol. The van der Waals surface area contributed by atoms with Crippen LogP contribution in [0.25, 0.3) is 0 Å². The SMILES string of the molecule is CC[C@@]1(O)C[C@H](O[C@H]2C[C@H](N(C)C)[C@H](O)[C@H](C)O2)c2c(O)c3c(c(O)c2[C@H]1O)C(=O)c1c(O)ccc(O)c1C3=O. The lowest BCUT2D eigenvalue weighted by molar-refractivity contribution is -0.261. The van der Waals surface area contributed by atoms with E-state index in [1.54, 1.807) is 27.9 Å². The largest absolute Gasteiger partial charge is 0.507 e. The first kappa shape index (κ1) is 28.3. The number of nitrogens with zero attached hydrogens (tertiary/aromatic N) is 1. The molecule has 0 aromatic heterocycles. The van der Waals surface area contributed by atoms with Gasteiger partial charge in [-0.25, -0.2) is 0 Å². The van der Waals surface area contributed by atoms with E-state index in [4.69, 9.17) is 9.47 Å². The topological polar surface area (TPSA) is 197 Å². The quantitative estimate of drug-likeness (QED) is 0.227. The van der Waals surface area contributed by atoms with Crippen molar-refractivity contribution < 1.29 is 54.8 Å². The molecule has 0 bridgehead atoms. The number of rotatable bonds is 4. The molecule has 2 aromatic rings. The molecular weight excluding hydrogens is 526 g/mol. The van der Waals surface area contributed by atoms with E-state index in [9.17, 15) is 45.3 Å². The number of likely N-dealkylation sites (N-methyl/N-ethyl adjacent to an activating group) is 1. The van der Waals surface area contributed by atoms with Gasteiger partial charge in [-0.1, -0.05) is 6.92 Å². The number of fused-ring (bicyclic) bond motifs is 3. The number of aliphatic hydroxyl groups excluding tert-OH is 2. The van der Waals surface area contributed by atoms with E-state index in [1.165, 1.54) is 0 Å². The second kappa shape index (κ2) is 9.68. The maximum atomic E-state index is 13.5. The van der Waals surface area contributed by atoms with Crippen LogP contribution in [0.3, 0.4) is 0 Å². The Kier molecular flexibility index (Phi) is 6.85. The fourth-order valence-corrected chi connectivity index (χ4v) is 6.17. The van der Waals surface area contributed by atoms with Gasteiger partial charge in [0.25, 0.3) is 0 Å². The minimum absolute atomic E-state index is 0.00388. The van der Waals surface area contributed by atoms with Crippen LogP contribution >= 0.6 is 0 Å². The zero-order valence-electron chi connectivity index (χ0n) is 22.5. The van der Waals surface area contributed by atoms with E-state index in [1.807, 2.05) is 4.90 Å². The van der Waals surface area contributed by atoms with Crippen molar-refractivity contribution in [2.75, 3.05) is 14.1 Å². The number of aromatic hydroxyl groups is 4. The summed E-state index contributed by atoms with van der Waals surface area (Å²) in [6.45, 7) is 3.27. The Balaban J connectivity index is 1.69. The third kappa shape index (κ3) is 3.98. The van der Waals surface area contributed by atoms with E-state index >= 15 is 0 Å². The lowest BCUT2D eigenvalue weighted by Gasteiger charge is -2.45. The fraction of sp³-hybridized carbons (Fsp3) is 0.500. The molecule has 216 valence electrons. The summed E-state index contributed by atoms with van der Waals surface area (Å²) >= 11 is 0. The van der Waals surface area contributed by atoms with Gasteiger partial charge in [0.05, 0.1) is 46.2 Å². The first-order valence-corrected chi connectivity index (χ1v) is 13.0. The van der Waals surface area contributed by atoms with E-state index in [0.29, 0.717) is 0 Å². The van der Waals surface area contributed by atoms with Crippen molar-refractivity contribution in [3.63, 3.8) is 0 Å². The van der Waals surface area contributed by atoms with Gasteiger partial charge >= 0.3 is 0 Å². The van der Waals surface area contributed by atoms with Crippen molar-refractivity contribution >= 4 is 11.6 Å². The molecule has 0 radical (unpaired) electrons. The van der Waals surface area contributed by atoms with E-state index in [-0.39, 0.29) is 30.9 Å². The molecule has 40 heavy (non-hydrogen) atoms. The number of phenolic OH excluding ortho intramolecular Hbond substituents is 4. The normalized spacial score (nSPS) is 31.6. The highest BCUT2D eigenvalue weighted by Gasteiger charge is 2.52. The summed E-state index contributed by atoms with van der Waals surface area (Å²) in [5.41, 5.74) is -4.88. The molecule has 0 spiro atoms. The fourth-order valence-electron chi connectivity index (χ4n) is 6.17. The zero-order chi connectivity index (χ0) is 29.4. The second-order valence-corrected chi connectivity index (χ2v) is 11.0. The lowest BCUT2D eigenvalue weighted by Crippen LogP contribution is -2.54. The van der Waals surface area contributed by atoms with Crippen molar-refractivity contribution in [3.05, 3.63) is 45.5 Å². The molecular formula is C28H33NO11. The van der Waals surface area contributed by atoms with Gasteiger partial charge in [0.1, 0.15) is 29.1 Å². The smallest absolute Gasteiger partial charge is 0.202 e. The molecule has 3 aliphatic rings. The molecule has 1 fully saturated rings. The molecule has 2 aliphatic carbocycles. The number of carbonyl (C=O) groups is 2. The van der Waals surface area contributed by atoms with Crippen molar-refractivity contribution in [1.82, 2.24) is 4.90 Å². The van der Waals surface area contributed by atoms with E-state index < -0.39 is 98.7 Å². The highest BCUT2D eigenvalue weighted by Crippen LogP contribution is 2.56. The van der Waals surface area contributed by atoms with E-state index in [2.05, 4.69) is 0 Å². The first-order chi connectivity index (χ1) is 18.7. The summed E-state index contributed by atoms with van der Waals surface area (Å²) in [6, 6.07) is 1.68. The summed E-state index contributed by atoms with van der Waals surface area (Å²) in [6.07, 6.45) is -5.48. The van der Waals surface area contributed by atoms with Crippen LogP contribution in [-0.4, -0.2) is 96.4 Å². The number of hydrogen-bond donors (Lipinski definition) is 7. The van der Waals surface area contributed by atoms with Gasteiger partial charge in [-0.3, -0.25) is 9.59 Å². The third-order valence-electron chi connectivity index (χ3n) is 8.50. The Morgan fingerprint density at radius 3 is 1.98 bits per heavy atom. The Morgan fingerprint density at radius 1 is 0.950 bits per heavy atom. The maximum absolute atomic E-state index is 13.5. The highest BCUT2D eigenvalue weighted by molar-refractivity contribution is 6.32. The predicted octanol–water partition coefficient (Wildman–Crippen LogP) is 1.35. The van der Waals surface area contributed by atoms with Gasteiger partial charge in [0, 0.05) is 30.0 Å². The lowest BCUT2D eigenvalue weighted by atomic mass is 9.70. The van der Waals surface area contributed by atoms with Gasteiger partial charge < -0.3 is 50.1 Å². The Morgan fingerprint density at radius 2 is 1.48 bits per heavy atom. The highest BCUT2D eigenvalue weighted by atomic mass is 16.7. The predicted molar refractivity (Wildman–Crippen MR) is 137 cm³/mol. The minimum Gasteiger partial charge on any atom is -0.507 e. The number of ketones is 2. The van der Waals surface area contributed by atoms with Gasteiger partial charge in [0.15, 0.2) is 6.29 Å². The van der Waals surface area contributed by atoms with Crippen molar-refractivity contribution in [3.8, 4) is 23.0 Å². The number of carbonyl (C=O) groups excluding carboxylic acids is 2. The molecule has 0 unspecified atom stereocenters. The molecule has 1 aliphatic heterocycles. The molecule has 12 heteroatoms. The Bertz CT molecular complexity index is 1410. The Labute approximate surface area is 229 Å². The Hall–Kier alpha value is -3.26. The van der Waals surface area contributed by atoms with Crippen LogP contribution in [0, 0.1) is 0 Å². The van der Waals surface area contributed by atoms with Gasteiger partial charge in [-0.05, 0) is 39.6 Å². The van der Waals surface area contributed by atoms with Crippen molar-refractivity contribution in [1.29, 1.82) is 0 Å². The number of benzene rings is 2. The number of phenols is 4. The molecule has 2 aromatic carbocycles. The maximum Gasteiger partial charge on any atom is 0.202 e. The second-order valence-electron chi connectivity index (χ2n) is 11.0. The molecule has 1 heterocycles. The number of ether oxygens (including phenoxy) is 2. The third-order valence-corrected chi connectivity index (χ3v) is 8.50. The minimum atomic E-state index is -1.86. The molecule has 1 saturated heterocycles.